The lowest BCUT2D eigenvalue weighted by Crippen LogP contribution is -2.35. The summed E-state index contributed by atoms with van der Waals surface area (Å²) in [5.41, 5.74) is 5.15. The van der Waals surface area contributed by atoms with Crippen LogP contribution in [0.15, 0.2) is 57.8 Å². The van der Waals surface area contributed by atoms with Crippen LogP contribution in [-0.2, 0) is 10.0 Å². The Morgan fingerprint density at radius 2 is 1.91 bits per heavy atom. The van der Waals surface area contributed by atoms with Gasteiger partial charge in [0.05, 0.1) is 31.0 Å². The van der Waals surface area contributed by atoms with Gasteiger partial charge < -0.3 is 9.47 Å². The summed E-state index contributed by atoms with van der Waals surface area (Å²) in [5, 5.41) is 6.72. The number of hydrogen-bond donors (Lipinski definition) is 1. The highest BCUT2D eigenvalue weighted by Gasteiger charge is 2.26. The Morgan fingerprint density at radius 1 is 1.09 bits per heavy atom. The first-order chi connectivity index (χ1) is 16.0. The number of benzene rings is 2. The zero-order valence-corrected chi connectivity index (χ0v) is 20.2. The van der Waals surface area contributed by atoms with E-state index in [4.69, 9.17) is 9.47 Å². The maximum atomic E-state index is 13.0. The molecule has 0 aliphatic carbocycles. The molecule has 2 heterocycles. The molecule has 33 heavy (non-hydrogen) atoms. The van der Waals surface area contributed by atoms with Crippen LogP contribution in [0.5, 0.6) is 11.5 Å². The van der Waals surface area contributed by atoms with E-state index in [0.29, 0.717) is 40.3 Å². The van der Waals surface area contributed by atoms with E-state index < -0.39 is 10.0 Å². The fourth-order valence-corrected chi connectivity index (χ4v) is 5.84. The summed E-state index contributed by atoms with van der Waals surface area (Å²) in [6.45, 7) is 1.16. The van der Waals surface area contributed by atoms with Crippen molar-refractivity contribution in [1.82, 2.24) is 9.29 Å². The molecule has 0 spiro atoms. The number of piperidine rings is 1. The van der Waals surface area contributed by atoms with E-state index in [-0.39, 0.29) is 0 Å². The molecule has 0 radical (unpaired) electrons. The van der Waals surface area contributed by atoms with Crippen LogP contribution in [0.4, 0.5) is 5.13 Å². The Balaban J connectivity index is 1.48. The van der Waals surface area contributed by atoms with Crippen LogP contribution in [0, 0.1) is 0 Å². The predicted octanol–water partition coefficient (Wildman–Crippen LogP) is 4.45. The number of ether oxygens (including phenoxy) is 2. The van der Waals surface area contributed by atoms with E-state index in [1.807, 2.05) is 23.6 Å². The van der Waals surface area contributed by atoms with E-state index in [1.165, 1.54) is 11.3 Å². The van der Waals surface area contributed by atoms with E-state index in [0.717, 1.165) is 30.4 Å². The van der Waals surface area contributed by atoms with Gasteiger partial charge in [0, 0.05) is 35.7 Å². The number of nitrogens with zero attached hydrogens (tertiary/aromatic N) is 3. The normalized spacial score (nSPS) is 15.0. The minimum Gasteiger partial charge on any atom is -0.497 e. The Hall–Kier alpha value is -2.95. The number of methoxy groups -OCH3 is 2. The molecule has 1 aliphatic heterocycles. The highest BCUT2D eigenvalue weighted by atomic mass is 32.2. The second kappa shape index (κ2) is 10.3. The summed E-state index contributed by atoms with van der Waals surface area (Å²) < 4.78 is 38.2. The third-order valence-corrected chi connectivity index (χ3v) is 8.03. The molecule has 10 heteroatoms. The highest BCUT2D eigenvalue weighted by Crippen LogP contribution is 2.29. The minimum atomic E-state index is -3.49. The second-order valence-electron chi connectivity index (χ2n) is 7.51. The van der Waals surface area contributed by atoms with Crippen LogP contribution in [0.2, 0.25) is 0 Å². The van der Waals surface area contributed by atoms with Gasteiger partial charge in [-0.25, -0.2) is 13.4 Å². The van der Waals surface area contributed by atoms with Crippen molar-refractivity contribution < 1.29 is 17.9 Å². The Labute approximate surface area is 197 Å². The summed E-state index contributed by atoms with van der Waals surface area (Å²) in [5.74, 6) is 1.34. The van der Waals surface area contributed by atoms with E-state index >= 15 is 0 Å². The van der Waals surface area contributed by atoms with E-state index in [9.17, 15) is 8.42 Å². The smallest absolute Gasteiger partial charge is 0.243 e. The average Bonchev–Trinajstić information content (AvgIpc) is 3.34. The van der Waals surface area contributed by atoms with Crippen molar-refractivity contribution in [3.05, 3.63) is 53.4 Å². The molecule has 0 bridgehead atoms. The predicted molar refractivity (Wildman–Crippen MR) is 131 cm³/mol. The van der Waals surface area contributed by atoms with Crippen molar-refractivity contribution in [1.29, 1.82) is 0 Å². The average molecular weight is 487 g/mol. The van der Waals surface area contributed by atoms with Crippen LogP contribution in [0.1, 0.15) is 24.8 Å². The van der Waals surface area contributed by atoms with E-state index in [2.05, 4.69) is 15.5 Å². The van der Waals surface area contributed by atoms with Gasteiger partial charge >= 0.3 is 0 Å². The lowest BCUT2D eigenvalue weighted by Gasteiger charge is -2.26. The lowest BCUT2D eigenvalue weighted by atomic mass is 10.2. The van der Waals surface area contributed by atoms with Crippen molar-refractivity contribution in [3.8, 4) is 22.8 Å². The van der Waals surface area contributed by atoms with Gasteiger partial charge in [0.25, 0.3) is 0 Å². The van der Waals surface area contributed by atoms with Gasteiger partial charge in [0.15, 0.2) is 0 Å². The molecule has 1 saturated heterocycles. The summed E-state index contributed by atoms with van der Waals surface area (Å²) in [6, 6.07) is 12.4. The highest BCUT2D eigenvalue weighted by molar-refractivity contribution is 7.89. The number of nitrogens with one attached hydrogen (secondary N) is 1. The fraction of sp³-hybridized carbons (Fsp3) is 0.304. The quantitative estimate of drug-likeness (QED) is 0.374. The number of hydrazone groups is 1. The first kappa shape index (κ1) is 23.2. The summed E-state index contributed by atoms with van der Waals surface area (Å²) in [7, 11) is -0.304. The summed E-state index contributed by atoms with van der Waals surface area (Å²) in [6.07, 6.45) is 4.53. The molecule has 3 aromatic rings. The first-order valence-corrected chi connectivity index (χ1v) is 12.9. The van der Waals surface area contributed by atoms with Gasteiger partial charge in [0.1, 0.15) is 11.5 Å². The van der Waals surface area contributed by atoms with Crippen LogP contribution >= 0.6 is 11.3 Å². The van der Waals surface area contributed by atoms with Gasteiger partial charge in [-0.15, -0.1) is 11.3 Å². The maximum absolute atomic E-state index is 13.0. The molecule has 1 N–H and O–H groups in total. The number of rotatable bonds is 8. The van der Waals surface area contributed by atoms with Crippen molar-refractivity contribution in [2.24, 2.45) is 5.10 Å². The zero-order valence-electron chi connectivity index (χ0n) is 18.5. The fourth-order valence-electron chi connectivity index (χ4n) is 3.61. The maximum Gasteiger partial charge on any atom is 0.243 e. The van der Waals surface area contributed by atoms with Crippen molar-refractivity contribution in [2.75, 3.05) is 32.7 Å². The molecule has 174 valence electrons. The zero-order chi connectivity index (χ0) is 23.3. The Bertz CT molecular complexity index is 1230. The molecule has 0 atom stereocenters. The van der Waals surface area contributed by atoms with Gasteiger partial charge in [-0.3, -0.25) is 5.43 Å². The van der Waals surface area contributed by atoms with Crippen LogP contribution in [-0.4, -0.2) is 51.2 Å². The van der Waals surface area contributed by atoms with Crippen LogP contribution in [0.3, 0.4) is 0 Å². The first-order valence-electron chi connectivity index (χ1n) is 10.6. The van der Waals surface area contributed by atoms with Gasteiger partial charge in [0.2, 0.25) is 15.2 Å². The molecule has 1 fully saturated rings. The molecule has 4 rings (SSSR count). The number of sulfonamides is 1. The number of thiazole rings is 1. The van der Waals surface area contributed by atoms with Crippen LogP contribution in [0.25, 0.3) is 11.3 Å². The van der Waals surface area contributed by atoms with Gasteiger partial charge in [-0.05, 0) is 37.1 Å². The SMILES string of the molecule is COc1ccc(C=NNc2nc(-c3cccc(S(=O)(=O)N4CCCCC4)c3)cs2)c(OC)c1. The van der Waals surface area contributed by atoms with Gasteiger partial charge in [-0.1, -0.05) is 18.6 Å². The molecule has 0 amide bonds. The largest absolute Gasteiger partial charge is 0.497 e. The monoisotopic (exact) mass is 486 g/mol. The molecular weight excluding hydrogens is 460 g/mol. The van der Waals surface area contributed by atoms with Crippen molar-refractivity contribution in [2.45, 2.75) is 24.2 Å². The van der Waals surface area contributed by atoms with Crippen molar-refractivity contribution >= 4 is 32.7 Å². The molecular formula is C23H26N4O4S2. The third kappa shape index (κ3) is 5.35. The summed E-state index contributed by atoms with van der Waals surface area (Å²) >= 11 is 1.39. The Kier molecular flexibility index (Phi) is 7.26. The van der Waals surface area contributed by atoms with E-state index in [1.54, 1.807) is 49.0 Å². The number of anilines is 1. The second-order valence-corrected chi connectivity index (χ2v) is 10.3. The molecule has 2 aromatic carbocycles. The minimum absolute atomic E-state index is 0.300. The lowest BCUT2D eigenvalue weighted by molar-refractivity contribution is 0.346. The topological polar surface area (TPSA) is 93.1 Å². The number of hydrogen-bond acceptors (Lipinski definition) is 8. The molecule has 8 nitrogen and oxygen atoms in total. The standard InChI is InChI=1S/C23H26N4O4S2/c1-30-19-10-9-18(22(14-19)31-2)15-24-26-23-25-21(16-32-23)17-7-6-8-20(13-17)33(28,29)27-11-4-3-5-12-27/h6-10,13-16H,3-5,11-12H2,1-2H3,(H,25,26). The van der Waals surface area contributed by atoms with Crippen LogP contribution < -0.4 is 14.9 Å². The molecule has 0 unspecified atom stereocenters. The Morgan fingerprint density at radius 3 is 2.67 bits per heavy atom. The van der Waals surface area contributed by atoms with Crippen molar-refractivity contribution in [3.63, 3.8) is 0 Å². The third-order valence-electron chi connectivity index (χ3n) is 5.39. The summed E-state index contributed by atoms with van der Waals surface area (Å²) in [4.78, 5) is 4.85. The van der Waals surface area contributed by atoms with Gasteiger partial charge in [-0.2, -0.15) is 9.41 Å². The molecule has 0 saturated carbocycles. The molecule has 1 aromatic heterocycles. The molecule has 1 aliphatic rings. The number of aromatic nitrogens is 1.